The molecule has 1 amide bonds. The van der Waals surface area contributed by atoms with Crippen LogP contribution in [0.2, 0.25) is 0 Å². The highest BCUT2D eigenvalue weighted by molar-refractivity contribution is 7.91. The van der Waals surface area contributed by atoms with Crippen molar-refractivity contribution in [3.8, 4) is 0 Å². The fourth-order valence-electron chi connectivity index (χ4n) is 2.10. The van der Waals surface area contributed by atoms with Crippen molar-refractivity contribution in [2.24, 2.45) is 0 Å². The van der Waals surface area contributed by atoms with Crippen molar-refractivity contribution in [2.45, 2.75) is 17.7 Å². The lowest BCUT2D eigenvalue weighted by atomic mass is 10.1. The summed E-state index contributed by atoms with van der Waals surface area (Å²) in [6.45, 7) is 0.269. The Morgan fingerprint density at radius 3 is 2.35 bits per heavy atom. The van der Waals surface area contributed by atoms with Gasteiger partial charge in [-0.2, -0.15) is 0 Å². The van der Waals surface area contributed by atoms with E-state index in [9.17, 15) is 17.6 Å². The zero-order chi connectivity index (χ0) is 16.7. The number of benzene rings is 2. The van der Waals surface area contributed by atoms with Crippen LogP contribution in [-0.2, 0) is 21.1 Å². The van der Waals surface area contributed by atoms with E-state index in [4.69, 9.17) is 0 Å². The molecule has 0 fully saturated rings. The summed E-state index contributed by atoms with van der Waals surface area (Å²) in [5.74, 6) is -0.919. The maximum Gasteiger partial charge on any atom is 0.221 e. The summed E-state index contributed by atoms with van der Waals surface area (Å²) in [5.41, 5.74) is 0.518. The molecule has 0 heterocycles. The van der Waals surface area contributed by atoms with Gasteiger partial charge >= 0.3 is 0 Å². The van der Waals surface area contributed by atoms with Gasteiger partial charge in [-0.25, -0.2) is 12.8 Å². The average molecular weight is 335 g/mol. The van der Waals surface area contributed by atoms with Crippen molar-refractivity contribution < 1.29 is 17.6 Å². The number of halogens is 1. The van der Waals surface area contributed by atoms with Crippen LogP contribution >= 0.6 is 0 Å². The molecule has 23 heavy (non-hydrogen) atoms. The molecule has 0 bridgehead atoms. The van der Waals surface area contributed by atoms with E-state index < -0.39 is 9.84 Å². The van der Waals surface area contributed by atoms with Crippen LogP contribution in [0.1, 0.15) is 12.0 Å². The lowest BCUT2D eigenvalue weighted by Gasteiger charge is -2.07. The van der Waals surface area contributed by atoms with Crippen LogP contribution in [0.5, 0.6) is 0 Å². The molecule has 1 N–H and O–H groups in total. The summed E-state index contributed by atoms with van der Waals surface area (Å²) >= 11 is 0. The average Bonchev–Trinajstić information content (AvgIpc) is 2.56. The summed E-state index contributed by atoms with van der Waals surface area (Å²) in [7, 11) is -3.46. The number of carbonyl (C=O) groups excluding carboxylic acids is 1. The molecule has 0 aliphatic carbocycles. The SMILES string of the molecule is O=C(CCS(=O)(=O)c1ccccc1)NCCc1ccccc1F. The monoisotopic (exact) mass is 335 g/mol. The largest absolute Gasteiger partial charge is 0.356 e. The Morgan fingerprint density at radius 2 is 1.65 bits per heavy atom. The van der Waals surface area contributed by atoms with Crippen molar-refractivity contribution >= 4 is 15.7 Å². The van der Waals surface area contributed by atoms with Gasteiger partial charge in [-0.1, -0.05) is 36.4 Å². The van der Waals surface area contributed by atoms with Gasteiger partial charge in [0, 0.05) is 13.0 Å². The highest BCUT2D eigenvalue weighted by atomic mass is 32.2. The second kappa shape index (κ2) is 7.87. The van der Waals surface area contributed by atoms with Crippen molar-refractivity contribution in [1.82, 2.24) is 5.32 Å². The Hall–Kier alpha value is -2.21. The minimum atomic E-state index is -3.46. The summed E-state index contributed by atoms with van der Waals surface area (Å²) in [6.07, 6.45) is 0.248. The minimum Gasteiger partial charge on any atom is -0.356 e. The van der Waals surface area contributed by atoms with Crippen molar-refractivity contribution in [2.75, 3.05) is 12.3 Å². The first-order chi connectivity index (χ1) is 11.0. The summed E-state index contributed by atoms with van der Waals surface area (Å²) in [4.78, 5) is 11.9. The minimum absolute atomic E-state index is 0.117. The molecule has 0 saturated heterocycles. The van der Waals surface area contributed by atoms with Gasteiger partial charge in [-0.3, -0.25) is 4.79 Å². The summed E-state index contributed by atoms with van der Waals surface area (Å²) < 4.78 is 37.5. The quantitative estimate of drug-likeness (QED) is 0.845. The third kappa shape index (κ3) is 5.17. The summed E-state index contributed by atoms with van der Waals surface area (Å²) in [5, 5.41) is 2.61. The van der Waals surface area contributed by atoms with Crippen molar-refractivity contribution in [3.63, 3.8) is 0 Å². The van der Waals surface area contributed by atoms with Gasteiger partial charge < -0.3 is 5.32 Å². The number of hydrogen-bond donors (Lipinski definition) is 1. The van der Waals surface area contributed by atoms with Gasteiger partial charge in [0.15, 0.2) is 9.84 Å². The Bertz CT molecular complexity index is 760. The molecule has 2 aromatic rings. The number of amides is 1. The molecule has 2 aromatic carbocycles. The van der Waals surface area contributed by atoms with E-state index in [-0.39, 0.29) is 35.3 Å². The van der Waals surface area contributed by atoms with Crippen LogP contribution in [-0.4, -0.2) is 26.6 Å². The molecule has 0 unspecified atom stereocenters. The van der Waals surface area contributed by atoms with E-state index in [0.717, 1.165) is 0 Å². The van der Waals surface area contributed by atoms with E-state index in [0.29, 0.717) is 12.0 Å². The molecule has 0 atom stereocenters. The molecule has 122 valence electrons. The molecule has 0 aromatic heterocycles. The molecule has 4 nitrogen and oxygen atoms in total. The van der Waals surface area contributed by atoms with E-state index in [2.05, 4.69) is 5.32 Å². The van der Waals surface area contributed by atoms with Gasteiger partial charge in [0.25, 0.3) is 0 Å². The Labute approximate surface area is 135 Å². The fourth-order valence-corrected chi connectivity index (χ4v) is 3.36. The van der Waals surface area contributed by atoms with Crippen LogP contribution in [0, 0.1) is 5.82 Å². The number of rotatable bonds is 7. The maximum absolute atomic E-state index is 13.4. The normalized spacial score (nSPS) is 11.2. The van der Waals surface area contributed by atoms with Crippen molar-refractivity contribution in [3.05, 3.63) is 66.0 Å². The van der Waals surface area contributed by atoms with Gasteiger partial charge in [0.05, 0.1) is 10.6 Å². The third-order valence-corrected chi connectivity index (χ3v) is 5.11. The molecular weight excluding hydrogens is 317 g/mol. The highest BCUT2D eigenvalue weighted by Gasteiger charge is 2.15. The zero-order valence-electron chi connectivity index (χ0n) is 12.5. The van der Waals surface area contributed by atoms with E-state index in [1.165, 1.54) is 18.2 Å². The van der Waals surface area contributed by atoms with Crippen LogP contribution in [0.4, 0.5) is 4.39 Å². The van der Waals surface area contributed by atoms with Crippen LogP contribution in [0.25, 0.3) is 0 Å². The predicted octanol–water partition coefficient (Wildman–Crippen LogP) is 2.35. The predicted molar refractivity (Wildman–Crippen MR) is 86.2 cm³/mol. The van der Waals surface area contributed by atoms with Gasteiger partial charge in [0.2, 0.25) is 5.91 Å². The Balaban J connectivity index is 1.78. The lowest BCUT2D eigenvalue weighted by Crippen LogP contribution is -2.27. The molecular formula is C17H18FNO3S. The molecule has 0 saturated carbocycles. The molecule has 0 spiro atoms. The molecule has 6 heteroatoms. The van der Waals surface area contributed by atoms with Crippen LogP contribution < -0.4 is 5.32 Å². The number of hydrogen-bond acceptors (Lipinski definition) is 3. The maximum atomic E-state index is 13.4. The lowest BCUT2D eigenvalue weighted by molar-refractivity contribution is -0.120. The number of sulfone groups is 1. The van der Waals surface area contributed by atoms with E-state index in [1.807, 2.05) is 0 Å². The first kappa shape index (κ1) is 17.1. The highest BCUT2D eigenvalue weighted by Crippen LogP contribution is 2.11. The zero-order valence-corrected chi connectivity index (χ0v) is 13.4. The van der Waals surface area contributed by atoms with Gasteiger partial charge in [-0.15, -0.1) is 0 Å². The molecule has 2 rings (SSSR count). The molecule has 0 aliphatic rings. The van der Waals surface area contributed by atoms with Crippen molar-refractivity contribution in [1.29, 1.82) is 0 Å². The Morgan fingerprint density at radius 1 is 1.00 bits per heavy atom. The van der Waals surface area contributed by atoms with Crippen LogP contribution in [0.15, 0.2) is 59.5 Å². The molecule has 0 radical (unpaired) electrons. The van der Waals surface area contributed by atoms with E-state index >= 15 is 0 Å². The molecule has 0 aliphatic heterocycles. The van der Waals surface area contributed by atoms with Gasteiger partial charge in [0.1, 0.15) is 5.82 Å². The first-order valence-electron chi connectivity index (χ1n) is 7.27. The fraction of sp³-hybridized carbons (Fsp3) is 0.235. The second-order valence-electron chi connectivity index (χ2n) is 5.07. The van der Waals surface area contributed by atoms with Crippen LogP contribution in [0.3, 0.4) is 0 Å². The number of nitrogens with one attached hydrogen (secondary N) is 1. The smallest absolute Gasteiger partial charge is 0.221 e. The Kier molecular flexibility index (Phi) is 5.87. The standard InChI is InChI=1S/C17H18FNO3S/c18-16-9-5-4-6-14(16)10-12-19-17(20)11-13-23(21,22)15-7-2-1-3-8-15/h1-9H,10-13H2,(H,19,20). The van der Waals surface area contributed by atoms with Gasteiger partial charge in [-0.05, 0) is 30.2 Å². The third-order valence-electron chi connectivity index (χ3n) is 3.37. The van der Waals surface area contributed by atoms with E-state index in [1.54, 1.807) is 36.4 Å². The second-order valence-corrected chi connectivity index (χ2v) is 7.18. The first-order valence-corrected chi connectivity index (χ1v) is 8.92. The topological polar surface area (TPSA) is 63.2 Å². The summed E-state index contributed by atoms with van der Waals surface area (Å²) in [6, 6.07) is 14.4. The number of carbonyl (C=O) groups is 1.